The Labute approximate surface area is 147 Å². The first-order valence-corrected chi connectivity index (χ1v) is 8.11. The fourth-order valence-corrected chi connectivity index (χ4v) is 2.58. The number of nitrogens with zero attached hydrogens (tertiary/aromatic N) is 3. The highest BCUT2D eigenvalue weighted by atomic mass is 16.5. The van der Waals surface area contributed by atoms with E-state index in [1.807, 2.05) is 72.5 Å². The van der Waals surface area contributed by atoms with E-state index in [1.54, 1.807) is 18.2 Å². The van der Waals surface area contributed by atoms with Crippen LogP contribution in [0.2, 0.25) is 0 Å². The van der Waals surface area contributed by atoms with Crippen LogP contribution in [0.5, 0.6) is 5.75 Å². The predicted octanol–water partition coefficient (Wildman–Crippen LogP) is 3.08. The molecule has 128 valence electrons. The maximum Gasteiger partial charge on any atom is 0.227 e. The molecular formula is C20H21N3O2. The SMILES string of the molecule is COc1ccc(CC(=O)N(C)Cc2cnn(-c3ccccc3)c2)cc1. The van der Waals surface area contributed by atoms with Gasteiger partial charge in [0.2, 0.25) is 5.91 Å². The van der Waals surface area contributed by atoms with Crippen molar-refractivity contribution in [3.63, 3.8) is 0 Å². The third kappa shape index (κ3) is 4.26. The highest BCUT2D eigenvalue weighted by molar-refractivity contribution is 5.78. The first-order chi connectivity index (χ1) is 12.2. The average Bonchev–Trinajstić information content (AvgIpc) is 3.11. The van der Waals surface area contributed by atoms with Crippen molar-refractivity contribution >= 4 is 5.91 Å². The highest BCUT2D eigenvalue weighted by Crippen LogP contribution is 2.13. The summed E-state index contributed by atoms with van der Waals surface area (Å²) in [5.41, 5.74) is 2.97. The summed E-state index contributed by atoms with van der Waals surface area (Å²) in [5, 5.41) is 4.37. The van der Waals surface area contributed by atoms with Crippen LogP contribution in [0.1, 0.15) is 11.1 Å². The maximum atomic E-state index is 12.4. The van der Waals surface area contributed by atoms with Gasteiger partial charge in [0, 0.05) is 25.4 Å². The fourth-order valence-electron chi connectivity index (χ4n) is 2.58. The topological polar surface area (TPSA) is 47.4 Å². The monoisotopic (exact) mass is 335 g/mol. The lowest BCUT2D eigenvalue weighted by Gasteiger charge is -2.16. The van der Waals surface area contributed by atoms with Crippen LogP contribution in [0.25, 0.3) is 5.69 Å². The van der Waals surface area contributed by atoms with Gasteiger partial charge in [0.05, 0.1) is 25.4 Å². The normalized spacial score (nSPS) is 10.5. The number of para-hydroxylation sites is 1. The minimum absolute atomic E-state index is 0.0672. The molecule has 1 heterocycles. The molecule has 25 heavy (non-hydrogen) atoms. The molecule has 0 unspecified atom stereocenters. The Hall–Kier alpha value is -3.08. The van der Waals surface area contributed by atoms with Gasteiger partial charge in [-0.2, -0.15) is 5.10 Å². The molecule has 0 bridgehead atoms. The summed E-state index contributed by atoms with van der Waals surface area (Å²) in [5.74, 6) is 0.857. The number of methoxy groups -OCH3 is 1. The second kappa shape index (κ2) is 7.66. The molecule has 0 saturated carbocycles. The van der Waals surface area contributed by atoms with Gasteiger partial charge < -0.3 is 9.64 Å². The van der Waals surface area contributed by atoms with Crippen molar-refractivity contribution in [1.82, 2.24) is 14.7 Å². The Morgan fingerprint density at radius 3 is 2.48 bits per heavy atom. The van der Waals surface area contributed by atoms with E-state index in [0.29, 0.717) is 13.0 Å². The zero-order valence-corrected chi connectivity index (χ0v) is 14.4. The molecule has 0 N–H and O–H groups in total. The van der Waals surface area contributed by atoms with Crippen molar-refractivity contribution in [1.29, 1.82) is 0 Å². The van der Waals surface area contributed by atoms with Crippen LogP contribution in [0, 0.1) is 0 Å². The van der Waals surface area contributed by atoms with E-state index in [-0.39, 0.29) is 5.91 Å². The summed E-state index contributed by atoms with van der Waals surface area (Å²) < 4.78 is 6.95. The molecule has 5 heteroatoms. The molecule has 0 aliphatic heterocycles. The minimum atomic E-state index is 0.0672. The second-order valence-electron chi connectivity index (χ2n) is 5.90. The largest absolute Gasteiger partial charge is 0.497 e. The minimum Gasteiger partial charge on any atom is -0.497 e. The molecule has 0 aliphatic rings. The first kappa shape index (κ1) is 16.8. The van der Waals surface area contributed by atoms with E-state index in [9.17, 15) is 4.79 Å². The fraction of sp³-hybridized carbons (Fsp3) is 0.200. The lowest BCUT2D eigenvalue weighted by molar-refractivity contribution is -0.129. The molecule has 0 radical (unpaired) electrons. The number of ether oxygens (including phenoxy) is 1. The van der Waals surface area contributed by atoms with Gasteiger partial charge in [-0.15, -0.1) is 0 Å². The number of carbonyl (C=O) groups excluding carboxylic acids is 1. The van der Waals surface area contributed by atoms with Gasteiger partial charge in [-0.05, 0) is 29.8 Å². The lowest BCUT2D eigenvalue weighted by atomic mass is 10.1. The van der Waals surface area contributed by atoms with Crippen molar-refractivity contribution < 1.29 is 9.53 Å². The van der Waals surface area contributed by atoms with Crippen LogP contribution in [0.15, 0.2) is 67.0 Å². The van der Waals surface area contributed by atoms with Crippen molar-refractivity contribution in [2.45, 2.75) is 13.0 Å². The molecule has 2 aromatic carbocycles. The average molecular weight is 335 g/mol. The number of amides is 1. The van der Waals surface area contributed by atoms with E-state index < -0.39 is 0 Å². The third-order valence-electron chi connectivity index (χ3n) is 4.02. The van der Waals surface area contributed by atoms with Crippen molar-refractivity contribution in [3.8, 4) is 11.4 Å². The van der Waals surface area contributed by atoms with E-state index in [1.165, 1.54) is 0 Å². The van der Waals surface area contributed by atoms with Crippen LogP contribution in [-0.2, 0) is 17.8 Å². The predicted molar refractivity (Wildman–Crippen MR) is 96.7 cm³/mol. The van der Waals surface area contributed by atoms with Crippen molar-refractivity contribution in [2.24, 2.45) is 0 Å². The molecule has 1 aromatic heterocycles. The number of likely N-dealkylation sites (N-methyl/N-ethyl adjacent to an activating group) is 1. The summed E-state index contributed by atoms with van der Waals surface area (Å²) >= 11 is 0. The van der Waals surface area contributed by atoms with Crippen LogP contribution < -0.4 is 4.74 Å². The quantitative estimate of drug-likeness (QED) is 0.695. The van der Waals surface area contributed by atoms with E-state index in [2.05, 4.69) is 5.10 Å². The zero-order valence-electron chi connectivity index (χ0n) is 14.4. The van der Waals surface area contributed by atoms with Gasteiger partial charge in [-0.1, -0.05) is 30.3 Å². The molecular weight excluding hydrogens is 314 g/mol. The third-order valence-corrected chi connectivity index (χ3v) is 4.02. The summed E-state index contributed by atoms with van der Waals surface area (Å²) in [4.78, 5) is 14.1. The van der Waals surface area contributed by atoms with E-state index in [4.69, 9.17) is 4.74 Å². The molecule has 3 rings (SSSR count). The van der Waals surface area contributed by atoms with Gasteiger partial charge >= 0.3 is 0 Å². The molecule has 3 aromatic rings. The zero-order chi connectivity index (χ0) is 17.6. The molecule has 0 aliphatic carbocycles. The van der Waals surface area contributed by atoms with Gasteiger partial charge in [-0.3, -0.25) is 4.79 Å². The summed E-state index contributed by atoms with van der Waals surface area (Å²) in [6.07, 6.45) is 4.12. The Balaban J connectivity index is 1.60. The highest BCUT2D eigenvalue weighted by Gasteiger charge is 2.12. The number of hydrogen-bond acceptors (Lipinski definition) is 3. The van der Waals surface area contributed by atoms with Gasteiger partial charge in [-0.25, -0.2) is 4.68 Å². The van der Waals surface area contributed by atoms with Crippen LogP contribution in [0.4, 0.5) is 0 Å². The molecule has 0 saturated heterocycles. The molecule has 5 nitrogen and oxygen atoms in total. The number of carbonyl (C=O) groups is 1. The molecule has 0 spiro atoms. The van der Waals surface area contributed by atoms with Gasteiger partial charge in [0.15, 0.2) is 0 Å². The van der Waals surface area contributed by atoms with Crippen LogP contribution in [-0.4, -0.2) is 34.7 Å². The second-order valence-corrected chi connectivity index (χ2v) is 5.90. The number of benzene rings is 2. The smallest absolute Gasteiger partial charge is 0.227 e. The summed E-state index contributed by atoms with van der Waals surface area (Å²) in [6, 6.07) is 17.5. The van der Waals surface area contributed by atoms with E-state index >= 15 is 0 Å². The number of aromatic nitrogens is 2. The summed E-state index contributed by atoms with van der Waals surface area (Å²) in [6.45, 7) is 0.530. The Kier molecular flexibility index (Phi) is 5.14. The van der Waals surface area contributed by atoms with Gasteiger partial charge in [0.25, 0.3) is 0 Å². The van der Waals surface area contributed by atoms with Crippen molar-refractivity contribution in [2.75, 3.05) is 14.2 Å². The molecule has 0 fully saturated rings. The van der Waals surface area contributed by atoms with Crippen LogP contribution in [0.3, 0.4) is 0 Å². The molecule has 1 amide bonds. The maximum absolute atomic E-state index is 12.4. The Morgan fingerprint density at radius 1 is 1.08 bits per heavy atom. The Morgan fingerprint density at radius 2 is 1.80 bits per heavy atom. The number of rotatable bonds is 6. The molecule has 0 atom stereocenters. The standard InChI is InChI=1S/C20H21N3O2/c1-22(20(24)12-16-8-10-19(25-2)11-9-16)14-17-13-21-23(15-17)18-6-4-3-5-7-18/h3-11,13,15H,12,14H2,1-2H3. The van der Waals surface area contributed by atoms with Crippen LogP contribution >= 0.6 is 0 Å². The Bertz CT molecular complexity index is 826. The van der Waals surface area contributed by atoms with E-state index in [0.717, 1.165) is 22.6 Å². The van der Waals surface area contributed by atoms with Crippen molar-refractivity contribution in [3.05, 3.63) is 78.1 Å². The number of hydrogen-bond donors (Lipinski definition) is 0. The first-order valence-electron chi connectivity index (χ1n) is 8.11. The summed E-state index contributed by atoms with van der Waals surface area (Å²) in [7, 11) is 3.44. The van der Waals surface area contributed by atoms with Gasteiger partial charge in [0.1, 0.15) is 5.75 Å². The lowest BCUT2D eigenvalue weighted by Crippen LogP contribution is -2.27.